The molecule has 1 fully saturated rings. The Bertz CT molecular complexity index is 738. The van der Waals surface area contributed by atoms with Gasteiger partial charge in [0, 0.05) is 12.1 Å². The van der Waals surface area contributed by atoms with Crippen LogP contribution in [0.15, 0.2) is 30.6 Å². The average molecular weight is 326 g/mol. The number of ether oxygens (including phenoxy) is 1. The molecule has 126 valence electrons. The fourth-order valence-corrected chi connectivity index (χ4v) is 3.66. The van der Waals surface area contributed by atoms with Crippen LogP contribution in [0.25, 0.3) is 0 Å². The summed E-state index contributed by atoms with van der Waals surface area (Å²) in [7, 11) is 1.35. The molecular formula is C18H22N4O2. The molecule has 2 aromatic rings. The van der Waals surface area contributed by atoms with Crippen LogP contribution in [0.2, 0.25) is 0 Å². The molecule has 1 aromatic carbocycles. The molecule has 0 amide bonds. The van der Waals surface area contributed by atoms with Crippen molar-refractivity contribution in [2.45, 2.75) is 50.9 Å². The van der Waals surface area contributed by atoms with Crippen molar-refractivity contribution in [2.24, 2.45) is 0 Å². The molecule has 6 nitrogen and oxygen atoms in total. The monoisotopic (exact) mass is 326 g/mol. The maximum absolute atomic E-state index is 11.5. The van der Waals surface area contributed by atoms with Crippen molar-refractivity contribution in [3.63, 3.8) is 0 Å². The standard InChI is InChI=1S/C18H22N4O2/c1-24-18(23)17-19-11-21(20-17)12-22(14-9-10-14)16-8-4-6-13-5-2-3-7-15(13)16/h2-3,5,7,11,14,16H,4,6,8-10,12H2,1H3. The van der Waals surface area contributed by atoms with E-state index in [-0.39, 0.29) is 5.82 Å². The number of hydrogen-bond donors (Lipinski definition) is 0. The van der Waals surface area contributed by atoms with Gasteiger partial charge < -0.3 is 4.74 Å². The highest BCUT2D eigenvalue weighted by Gasteiger charge is 2.36. The van der Waals surface area contributed by atoms with E-state index in [4.69, 9.17) is 0 Å². The summed E-state index contributed by atoms with van der Waals surface area (Å²) in [5.41, 5.74) is 2.91. The van der Waals surface area contributed by atoms with Crippen LogP contribution < -0.4 is 0 Å². The van der Waals surface area contributed by atoms with Gasteiger partial charge >= 0.3 is 5.97 Å². The van der Waals surface area contributed by atoms with E-state index in [9.17, 15) is 4.79 Å². The Balaban J connectivity index is 1.58. The zero-order chi connectivity index (χ0) is 16.5. The summed E-state index contributed by atoms with van der Waals surface area (Å²) in [5.74, 6) is -0.368. The summed E-state index contributed by atoms with van der Waals surface area (Å²) in [6.45, 7) is 0.660. The number of fused-ring (bicyclic) bond motifs is 1. The second-order valence-electron chi connectivity index (χ2n) is 6.59. The first-order valence-corrected chi connectivity index (χ1v) is 8.57. The Morgan fingerprint density at radius 2 is 2.17 bits per heavy atom. The van der Waals surface area contributed by atoms with Crippen LogP contribution in [0.4, 0.5) is 0 Å². The smallest absolute Gasteiger partial charge is 0.377 e. The minimum atomic E-state index is -0.491. The highest BCUT2D eigenvalue weighted by atomic mass is 16.5. The molecule has 1 atom stereocenters. The molecule has 1 unspecified atom stereocenters. The first-order chi connectivity index (χ1) is 11.8. The van der Waals surface area contributed by atoms with Crippen LogP contribution in [0, 0.1) is 0 Å². The molecule has 4 rings (SSSR count). The quantitative estimate of drug-likeness (QED) is 0.790. The average Bonchev–Trinajstić information content (AvgIpc) is 3.36. The number of hydrogen-bond acceptors (Lipinski definition) is 5. The topological polar surface area (TPSA) is 60.2 Å². The highest BCUT2D eigenvalue weighted by Crippen LogP contribution is 2.40. The van der Waals surface area contributed by atoms with Crippen molar-refractivity contribution in [3.8, 4) is 0 Å². The van der Waals surface area contributed by atoms with Crippen molar-refractivity contribution in [1.29, 1.82) is 0 Å². The molecule has 0 aliphatic heterocycles. The molecular weight excluding hydrogens is 304 g/mol. The van der Waals surface area contributed by atoms with Crippen molar-refractivity contribution < 1.29 is 9.53 Å². The molecule has 1 aromatic heterocycles. The first kappa shape index (κ1) is 15.3. The number of aryl methyl sites for hydroxylation is 1. The Hall–Kier alpha value is -2.21. The normalized spacial score (nSPS) is 20.0. The number of aromatic nitrogens is 3. The highest BCUT2D eigenvalue weighted by molar-refractivity contribution is 5.84. The minimum Gasteiger partial charge on any atom is -0.463 e. The Morgan fingerprint density at radius 1 is 1.33 bits per heavy atom. The summed E-state index contributed by atoms with van der Waals surface area (Å²) in [6, 6.07) is 9.79. The van der Waals surface area contributed by atoms with Gasteiger partial charge in [-0.2, -0.15) is 0 Å². The van der Waals surface area contributed by atoms with Crippen LogP contribution in [0.3, 0.4) is 0 Å². The molecule has 1 saturated carbocycles. The Labute approximate surface area is 141 Å². The van der Waals surface area contributed by atoms with Crippen molar-refractivity contribution in [1.82, 2.24) is 19.7 Å². The van der Waals surface area contributed by atoms with Crippen molar-refractivity contribution in [3.05, 3.63) is 47.5 Å². The second kappa shape index (κ2) is 6.36. The zero-order valence-electron chi connectivity index (χ0n) is 13.9. The van der Waals surface area contributed by atoms with Crippen molar-refractivity contribution in [2.75, 3.05) is 7.11 Å². The molecule has 0 spiro atoms. The molecule has 0 N–H and O–H groups in total. The van der Waals surface area contributed by atoms with E-state index in [0.29, 0.717) is 18.8 Å². The van der Waals surface area contributed by atoms with Gasteiger partial charge in [-0.25, -0.2) is 14.5 Å². The Kier molecular flexibility index (Phi) is 4.06. The van der Waals surface area contributed by atoms with Crippen molar-refractivity contribution >= 4 is 5.97 Å². The van der Waals surface area contributed by atoms with Gasteiger partial charge in [-0.05, 0) is 43.2 Å². The molecule has 1 heterocycles. The number of nitrogens with zero attached hydrogens (tertiary/aromatic N) is 4. The lowest BCUT2D eigenvalue weighted by atomic mass is 9.87. The molecule has 24 heavy (non-hydrogen) atoms. The predicted octanol–water partition coefficient (Wildman–Crippen LogP) is 2.56. The number of esters is 1. The largest absolute Gasteiger partial charge is 0.463 e. The predicted molar refractivity (Wildman–Crippen MR) is 88.3 cm³/mol. The molecule has 2 aliphatic rings. The zero-order valence-corrected chi connectivity index (χ0v) is 13.9. The van der Waals surface area contributed by atoms with Gasteiger partial charge in [0.25, 0.3) is 5.82 Å². The molecule has 0 bridgehead atoms. The fraction of sp³-hybridized carbons (Fsp3) is 0.500. The van der Waals surface area contributed by atoms with Gasteiger partial charge in [0.1, 0.15) is 6.33 Å². The van der Waals surface area contributed by atoms with Crippen LogP contribution in [-0.4, -0.2) is 38.8 Å². The van der Waals surface area contributed by atoms with E-state index >= 15 is 0 Å². The van der Waals surface area contributed by atoms with Crippen LogP contribution >= 0.6 is 0 Å². The minimum absolute atomic E-state index is 0.122. The first-order valence-electron chi connectivity index (χ1n) is 8.57. The Morgan fingerprint density at radius 3 is 2.96 bits per heavy atom. The third kappa shape index (κ3) is 2.94. The molecule has 0 saturated heterocycles. The summed E-state index contributed by atoms with van der Waals surface area (Å²) in [4.78, 5) is 18.1. The molecule has 0 radical (unpaired) electrons. The lowest BCUT2D eigenvalue weighted by Gasteiger charge is -2.35. The third-order valence-electron chi connectivity index (χ3n) is 4.97. The number of carbonyl (C=O) groups excluding carboxylic acids is 1. The number of benzene rings is 1. The van der Waals surface area contributed by atoms with Gasteiger partial charge in [0.15, 0.2) is 0 Å². The lowest BCUT2D eigenvalue weighted by Crippen LogP contribution is -2.35. The lowest BCUT2D eigenvalue weighted by molar-refractivity contribution is 0.0584. The van der Waals surface area contributed by atoms with E-state index in [1.807, 2.05) is 0 Å². The van der Waals surface area contributed by atoms with Gasteiger partial charge in [0.2, 0.25) is 0 Å². The second-order valence-corrected chi connectivity index (χ2v) is 6.59. The van der Waals surface area contributed by atoms with E-state index in [1.54, 1.807) is 11.0 Å². The van der Waals surface area contributed by atoms with Gasteiger partial charge in [-0.1, -0.05) is 24.3 Å². The van der Waals surface area contributed by atoms with E-state index in [0.717, 1.165) is 0 Å². The van der Waals surface area contributed by atoms with Gasteiger partial charge in [-0.3, -0.25) is 4.90 Å². The molecule has 2 aliphatic carbocycles. The fourth-order valence-electron chi connectivity index (χ4n) is 3.66. The summed E-state index contributed by atoms with van der Waals surface area (Å²) < 4.78 is 6.44. The number of methoxy groups -OCH3 is 1. The maximum Gasteiger partial charge on any atom is 0.377 e. The number of carbonyl (C=O) groups is 1. The van der Waals surface area contributed by atoms with Gasteiger partial charge in [0.05, 0.1) is 13.8 Å². The summed E-state index contributed by atoms with van der Waals surface area (Å²) in [5, 5.41) is 4.27. The van der Waals surface area contributed by atoms with E-state index in [2.05, 4.69) is 44.0 Å². The van der Waals surface area contributed by atoms with Crippen LogP contribution in [-0.2, 0) is 17.8 Å². The van der Waals surface area contributed by atoms with E-state index in [1.165, 1.54) is 50.3 Å². The summed E-state index contributed by atoms with van der Waals surface area (Å²) in [6.07, 6.45) is 7.65. The van der Waals surface area contributed by atoms with Crippen LogP contribution in [0.1, 0.15) is 53.5 Å². The maximum atomic E-state index is 11.5. The third-order valence-corrected chi connectivity index (χ3v) is 4.97. The van der Waals surface area contributed by atoms with Gasteiger partial charge in [-0.15, -0.1) is 5.10 Å². The number of rotatable bonds is 5. The molecule has 6 heteroatoms. The van der Waals surface area contributed by atoms with Crippen LogP contribution in [0.5, 0.6) is 0 Å². The SMILES string of the molecule is COC(=O)c1ncn(CN(C2CC2)C2CCCc3ccccc32)n1. The van der Waals surface area contributed by atoms with E-state index < -0.39 is 5.97 Å². The summed E-state index contributed by atoms with van der Waals surface area (Å²) >= 11 is 0.